The Hall–Kier alpha value is -3.15. The molecule has 1 aromatic heterocycles. The second kappa shape index (κ2) is 7.46. The second-order valence-electron chi connectivity index (χ2n) is 7.54. The normalized spacial score (nSPS) is 14.9. The molecular formula is C22H24N4O2. The summed E-state index contributed by atoms with van der Waals surface area (Å²) in [7, 11) is 0. The van der Waals surface area contributed by atoms with Gasteiger partial charge in [0.2, 0.25) is 5.91 Å². The van der Waals surface area contributed by atoms with Crippen LogP contribution in [0.5, 0.6) is 0 Å². The summed E-state index contributed by atoms with van der Waals surface area (Å²) in [6.45, 7) is 6.63. The molecule has 6 heteroatoms. The number of amides is 1. The molecule has 0 bridgehead atoms. The third-order valence-corrected chi connectivity index (χ3v) is 5.32. The molecule has 144 valence electrons. The van der Waals surface area contributed by atoms with Crippen molar-refractivity contribution in [2.45, 2.75) is 19.3 Å². The van der Waals surface area contributed by atoms with E-state index in [1.165, 1.54) is 0 Å². The van der Waals surface area contributed by atoms with Gasteiger partial charge in [-0.1, -0.05) is 48.5 Å². The molecule has 2 aromatic carbocycles. The van der Waals surface area contributed by atoms with Crippen LogP contribution in [0, 0.1) is 0 Å². The molecule has 2 heterocycles. The highest BCUT2D eigenvalue weighted by Crippen LogP contribution is 2.27. The number of nitrogens with zero attached hydrogens (tertiary/aromatic N) is 4. The van der Waals surface area contributed by atoms with E-state index in [0.717, 1.165) is 11.1 Å². The molecular weight excluding hydrogens is 352 g/mol. The van der Waals surface area contributed by atoms with E-state index in [1.807, 2.05) is 79.4 Å². The van der Waals surface area contributed by atoms with Crippen LogP contribution in [-0.4, -0.2) is 47.1 Å². The molecule has 6 nitrogen and oxygen atoms in total. The lowest BCUT2D eigenvalue weighted by atomic mass is 9.83. The maximum Gasteiger partial charge on any atom is 0.266 e. The number of rotatable bonds is 4. The quantitative estimate of drug-likeness (QED) is 0.699. The summed E-state index contributed by atoms with van der Waals surface area (Å²) in [6, 6.07) is 19.7. The first-order chi connectivity index (χ1) is 13.6. The molecule has 3 aromatic rings. The lowest BCUT2D eigenvalue weighted by molar-refractivity contribution is -0.136. The van der Waals surface area contributed by atoms with Gasteiger partial charge in [-0.25, -0.2) is 0 Å². The minimum absolute atomic E-state index is 0.149. The Morgan fingerprint density at radius 2 is 1.54 bits per heavy atom. The SMILES string of the molecule is CC(C)(C(=O)N1CCN(c2noc(-c3ccccc3)n2)CC1)c1ccccc1. The summed E-state index contributed by atoms with van der Waals surface area (Å²) < 4.78 is 5.41. The molecule has 0 aliphatic carbocycles. The van der Waals surface area contributed by atoms with Gasteiger partial charge >= 0.3 is 0 Å². The van der Waals surface area contributed by atoms with Crippen LogP contribution in [0.2, 0.25) is 0 Å². The van der Waals surface area contributed by atoms with Crippen molar-refractivity contribution in [2.75, 3.05) is 31.1 Å². The summed E-state index contributed by atoms with van der Waals surface area (Å²) >= 11 is 0. The lowest BCUT2D eigenvalue weighted by Crippen LogP contribution is -2.53. The van der Waals surface area contributed by atoms with Gasteiger partial charge in [-0.2, -0.15) is 4.98 Å². The Morgan fingerprint density at radius 3 is 2.18 bits per heavy atom. The predicted octanol–water partition coefficient (Wildman–Crippen LogP) is 3.36. The van der Waals surface area contributed by atoms with E-state index in [0.29, 0.717) is 38.0 Å². The molecule has 0 N–H and O–H groups in total. The average Bonchev–Trinajstić information content (AvgIpc) is 3.25. The maximum absolute atomic E-state index is 13.1. The summed E-state index contributed by atoms with van der Waals surface area (Å²) in [5.74, 6) is 1.24. The largest absolute Gasteiger partial charge is 0.338 e. The van der Waals surface area contributed by atoms with Crippen molar-refractivity contribution in [3.8, 4) is 11.5 Å². The van der Waals surface area contributed by atoms with E-state index in [1.54, 1.807) is 0 Å². The lowest BCUT2D eigenvalue weighted by Gasteiger charge is -2.38. The van der Waals surface area contributed by atoms with Crippen molar-refractivity contribution < 1.29 is 9.32 Å². The molecule has 0 atom stereocenters. The number of benzene rings is 2. The van der Waals surface area contributed by atoms with Gasteiger partial charge in [-0.3, -0.25) is 4.79 Å². The van der Waals surface area contributed by atoms with Crippen molar-refractivity contribution in [3.05, 3.63) is 66.2 Å². The van der Waals surface area contributed by atoms with Gasteiger partial charge in [0.25, 0.3) is 11.8 Å². The Bertz CT molecular complexity index is 929. The topological polar surface area (TPSA) is 62.5 Å². The van der Waals surface area contributed by atoms with Gasteiger partial charge in [0.05, 0.1) is 5.41 Å². The van der Waals surface area contributed by atoms with Crippen LogP contribution in [-0.2, 0) is 10.2 Å². The summed E-state index contributed by atoms with van der Waals surface area (Å²) in [6.07, 6.45) is 0. The fraction of sp³-hybridized carbons (Fsp3) is 0.318. The Kier molecular flexibility index (Phi) is 4.86. The molecule has 1 amide bonds. The van der Waals surface area contributed by atoms with Crippen molar-refractivity contribution in [1.29, 1.82) is 0 Å². The molecule has 0 spiro atoms. The van der Waals surface area contributed by atoms with Gasteiger partial charge in [0.15, 0.2) is 0 Å². The second-order valence-corrected chi connectivity index (χ2v) is 7.54. The van der Waals surface area contributed by atoms with E-state index in [2.05, 4.69) is 15.0 Å². The van der Waals surface area contributed by atoms with E-state index in [-0.39, 0.29) is 5.91 Å². The number of carbonyl (C=O) groups is 1. The highest BCUT2D eigenvalue weighted by molar-refractivity contribution is 5.87. The van der Waals surface area contributed by atoms with E-state index < -0.39 is 5.41 Å². The molecule has 1 aliphatic rings. The fourth-order valence-electron chi connectivity index (χ4n) is 3.53. The smallest absolute Gasteiger partial charge is 0.266 e. The number of aromatic nitrogens is 2. The number of anilines is 1. The zero-order valence-electron chi connectivity index (χ0n) is 16.2. The third-order valence-electron chi connectivity index (χ3n) is 5.32. The van der Waals surface area contributed by atoms with Crippen LogP contribution in [0.15, 0.2) is 65.2 Å². The Morgan fingerprint density at radius 1 is 0.929 bits per heavy atom. The molecule has 28 heavy (non-hydrogen) atoms. The molecule has 0 radical (unpaired) electrons. The van der Waals surface area contributed by atoms with E-state index in [4.69, 9.17) is 4.52 Å². The van der Waals surface area contributed by atoms with Gasteiger partial charge in [-0.05, 0) is 36.7 Å². The minimum atomic E-state index is -0.546. The summed E-state index contributed by atoms with van der Waals surface area (Å²) in [5.41, 5.74) is 1.39. The predicted molar refractivity (Wildman–Crippen MR) is 108 cm³/mol. The van der Waals surface area contributed by atoms with Crippen LogP contribution < -0.4 is 4.90 Å². The van der Waals surface area contributed by atoms with Crippen molar-refractivity contribution >= 4 is 11.9 Å². The van der Waals surface area contributed by atoms with Gasteiger partial charge in [-0.15, -0.1) is 0 Å². The number of hydrogen-bond donors (Lipinski definition) is 0. The standard InChI is InChI=1S/C22H24N4O2/c1-22(2,18-11-7-4-8-12-18)20(27)25-13-15-26(16-14-25)21-23-19(28-24-21)17-9-5-3-6-10-17/h3-12H,13-16H2,1-2H3. The van der Waals surface area contributed by atoms with E-state index in [9.17, 15) is 4.79 Å². The van der Waals surface area contributed by atoms with Gasteiger partial charge in [0, 0.05) is 31.7 Å². The van der Waals surface area contributed by atoms with Crippen molar-refractivity contribution in [3.63, 3.8) is 0 Å². The van der Waals surface area contributed by atoms with Crippen molar-refractivity contribution in [2.24, 2.45) is 0 Å². The van der Waals surface area contributed by atoms with Crippen molar-refractivity contribution in [1.82, 2.24) is 15.0 Å². The third kappa shape index (κ3) is 3.50. The van der Waals surface area contributed by atoms with Gasteiger partial charge in [0.1, 0.15) is 0 Å². The average molecular weight is 376 g/mol. The number of piperazine rings is 1. The zero-order valence-corrected chi connectivity index (χ0v) is 16.2. The first-order valence-corrected chi connectivity index (χ1v) is 9.55. The van der Waals surface area contributed by atoms with Crippen LogP contribution >= 0.6 is 0 Å². The molecule has 0 saturated carbocycles. The number of carbonyl (C=O) groups excluding carboxylic acids is 1. The molecule has 1 saturated heterocycles. The van der Waals surface area contributed by atoms with Crippen LogP contribution in [0.1, 0.15) is 19.4 Å². The summed E-state index contributed by atoms with van der Waals surface area (Å²) in [5, 5.41) is 4.12. The van der Waals surface area contributed by atoms with Crippen LogP contribution in [0.3, 0.4) is 0 Å². The van der Waals surface area contributed by atoms with Crippen LogP contribution in [0.4, 0.5) is 5.95 Å². The molecule has 1 aliphatic heterocycles. The first kappa shape index (κ1) is 18.2. The Balaban J connectivity index is 1.41. The van der Waals surface area contributed by atoms with Gasteiger partial charge < -0.3 is 14.3 Å². The highest BCUT2D eigenvalue weighted by Gasteiger charge is 2.35. The fourth-order valence-corrected chi connectivity index (χ4v) is 3.53. The summed E-state index contributed by atoms with van der Waals surface area (Å²) in [4.78, 5) is 21.6. The number of hydrogen-bond acceptors (Lipinski definition) is 5. The monoisotopic (exact) mass is 376 g/mol. The zero-order chi connectivity index (χ0) is 19.6. The van der Waals surface area contributed by atoms with Crippen LogP contribution in [0.25, 0.3) is 11.5 Å². The molecule has 0 unspecified atom stereocenters. The molecule has 4 rings (SSSR count). The Labute approximate surface area is 164 Å². The minimum Gasteiger partial charge on any atom is -0.338 e. The van der Waals surface area contributed by atoms with E-state index >= 15 is 0 Å². The molecule has 1 fully saturated rings. The highest BCUT2D eigenvalue weighted by atomic mass is 16.5. The maximum atomic E-state index is 13.1. The first-order valence-electron chi connectivity index (χ1n) is 9.55.